The van der Waals surface area contributed by atoms with E-state index in [0.717, 1.165) is 32.2 Å². The number of hydrogen-bond acceptors (Lipinski definition) is 1. The van der Waals surface area contributed by atoms with Crippen molar-refractivity contribution in [3.63, 3.8) is 0 Å². The van der Waals surface area contributed by atoms with Crippen LogP contribution in [0, 0.1) is 5.41 Å². The highest BCUT2D eigenvalue weighted by atomic mass is 16.2. The van der Waals surface area contributed by atoms with E-state index in [1.54, 1.807) is 0 Å². The number of rotatable bonds is 0. The van der Waals surface area contributed by atoms with Crippen LogP contribution in [-0.2, 0) is 11.2 Å². The summed E-state index contributed by atoms with van der Waals surface area (Å²) >= 11 is 0. The predicted octanol–water partition coefficient (Wildman–Crippen LogP) is 3.11. The van der Waals surface area contributed by atoms with Gasteiger partial charge in [0.25, 0.3) is 0 Å². The fraction of sp³-hybridized carbons (Fsp3) is 0.471. The maximum Gasteiger partial charge on any atom is 0.226 e. The van der Waals surface area contributed by atoms with E-state index in [4.69, 9.17) is 0 Å². The van der Waals surface area contributed by atoms with Gasteiger partial charge in [-0.25, -0.2) is 0 Å². The van der Waals surface area contributed by atoms with Gasteiger partial charge in [0.15, 0.2) is 0 Å². The Kier molecular flexibility index (Phi) is 2.47. The molecular weight excluding hydrogens is 248 g/mol. The molecule has 20 heavy (non-hydrogen) atoms. The van der Waals surface area contributed by atoms with E-state index >= 15 is 0 Å². The highest BCUT2D eigenvalue weighted by molar-refractivity contribution is 5.90. The number of piperidine rings is 1. The van der Waals surface area contributed by atoms with E-state index in [-0.39, 0.29) is 11.3 Å². The van der Waals surface area contributed by atoms with Gasteiger partial charge in [-0.2, -0.15) is 0 Å². The Morgan fingerprint density at radius 3 is 2.95 bits per heavy atom. The van der Waals surface area contributed by atoms with Crippen molar-refractivity contribution >= 4 is 16.8 Å². The number of fused-ring (bicyclic) bond motifs is 3. The van der Waals surface area contributed by atoms with Crippen molar-refractivity contribution in [2.75, 3.05) is 6.54 Å². The highest BCUT2D eigenvalue weighted by Crippen LogP contribution is 2.51. The summed E-state index contributed by atoms with van der Waals surface area (Å²) in [5.41, 5.74) is 3.74. The van der Waals surface area contributed by atoms with E-state index in [1.165, 1.54) is 22.2 Å². The van der Waals surface area contributed by atoms with Crippen LogP contribution in [-0.4, -0.2) is 17.4 Å². The summed E-state index contributed by atoms with van der Waals surface area (Å²) in [5.74, 6) is 0.565. The van der Waals surface area contributed by atoms with Crippen LogP contribution in [0.4, 0.5) is 0 Å². The first-order chi connectivity index (χ1) is 9.72. The zero-order valence-electron chi connectivity index (χ0n) is 11.8. The number of aromatic amines is 1. The Hall–Kier alpha value is -1.77. The summed E-state index contributed by atoms with van der Waals surface area (Å²) in [6.45, 7) is 3.08. The smallest absolute Gasteiger partial charge is 0.226 e. The number of hydrogen-bond donors (Lipinski definition) is 2. The van der Waals surface area contributed by atoms with Crippen molar-refractivity contribution in [1.82, 2.24) is 10.3 Å². The second kappa shape index (κ2) is 4.11. The van der Waals surface area contributed by atoms with Crippen molar-refractivity contribution in [3.05, 3.63) is 35.5 Å². The fourth-order valence-electron chi connectivity index (χ4n) is 4.30. The van der Waals surface area contributed by atoms with Gasteiger partial charge in [0, 0.05) is 23.1 Å². The Morgan fingerprint density at radius 2 is 2.10 bits per heavy atom. The molecule has 2 N–H and O–H groups in total. The molecule has 0 saturated carbocycles. The standard InChI is InChI=1S/C17H20N2O/c1-11-15-12-5-2-3-6-13(12)19-14(15)7-9-17(11)8-4-10-18-16(17)20/h2-3,5-6,11,19H,4,7-10H2,1H3,(H,18,20). The number of aryl methyl sites for hydroxylation is 1. The quantitative estimate of drug-likeness (QED) is 0.757. The van der Waals surface area contributed by atoms with Crippen LogP contribution < -0.4 is 5.32 Å². The summed E-state index contributed by atoms with van der Waals surface area (Å²) in [7, 11) is 0. The molecule has 104 valence electrons. The topological polar surface area (TPSA) is 44.9 Å². The number of nitrogens with one attached hydrogen (secondary N) is 2. The number of aromatic nitrogens is 1. The molecule has 0 radical (unpaired) electrons. The third-order valence-electron chi connectivity index (χ3n) is 5.45. The van der Waals surface area contributed by atoms with E-state index in [9.17, 15) is 4.79 Å². The number of amides is 1. The molecule has 3 nitrogen and oxygen atoms in total. The Balaban J connectivity index is 1.89. The summed E-state index contributed by atoms with van der Waals surface area (Å²) < 4.78 is 0. The van der Waals surface area contributed by atoms with Gasteiger partial charge >= 0.3 is 0 Å². The van der Waals surface area contributed by atoms with Gasteiger partial charge in [0.2, 0.25) is 5.91 Å². The van der Waals surface area contributed by atoms with Crippen molar-refractivity contribution in [2.45, 2.75) is 38.5 Å². The second-order valence-corrected chi connectivity index (χ2v) is 6.30. The Labute approximate surface area is 118 Å². The molecule has 1 aromatic heterocycles. The van der Waals surface area contributed by atoms with Crippen molar-refractivity contribution < 1.29 is 4.79 Å². The van der Waals surface area contributed by atoms with Gasteiger partial charge in [0.1, 0.15) is 0 Å². The number of H-pyrrole nitrogens is 1. The minimum Gasteiger partial charge on any atom is -0.358 e. The van der Waals surface area contributed by atoms with E-state index in [0.29, 0.717) is 5.92 Å². The zero-order chi connectivity index (χ0) is 13.7. The van der Waals surface area contributed by atoms with Crippen LogP contribution in [0.5, 0.6) is 0 Å². The minimum atomic E-state index is -0.184. The van der Waals surface area contributed by atoms with Crippen LogP contribution in [0.3, 0.4) is 0 Å². The molecule has 2 unspecified atom stereocenters. The molecule has 2 aliphatic rings. The molecule has 0 bridgehead atoms. The summed E-state index contributed by atoms with van der Waals surface area (Å²) in [6.07, 6.45) is 4.09. The third-order valence-corrected chi connectivity index (χ3v) is 5.45. The van der Waals surface area contributed by atoms with Crippen LogP contribution in [0.2, 0.25) is 0 Å². The number of benzene rings is 1. The lowest BCUT2D eigenvalue weighted by atomic mass is 9.62. The molecule has 2 heterocycles. The molecule has 2 atom stereocenters. The molecule has 3 heteroatoms. The maximum atomic E-state index is 12.5. The Morgan fingerprint density at radius 1 is 1.25 bits per heavy atom. The van der Waals surface area contributed by atoms with Gasteiger partial charge in [-0.1, -0.05) is 25.1 Å². The average molecular weight is 268 g/mol. The summed E-state index contributed by atoms with van der Waals surface area (Å²) in [4.78, 5) is 16.1. The van der Waals surface area contributed by atoms with Crippen LogP contribution in [0.15, 0.2) is 24.3 Å². The average Bonchev–Trinajstić information content (AvgIpc) is 2.84. The normalized spacial score (nSPS) is 29.4. The molecule has 1 aliphatic carbocycles. The van der Waals surface area contributed by atoms with Gasteiger partial charge in [0.05, 0.1) is 5.41 Å². The second-order valence-electron chi connectivity index (χ2n) is 6.30. The summed E-state index contributed by atoms with van der Waals surface area (Å²) in [5, 5.41) is 4.39. The third kappa shape index (κ3) is 1.43. The molecule has 1 aliphatic heterocycles. The zero-order valence-corrected chi connectivity index (χ0v) is 11.8. The lowest BCUT2D eigenvalue weighted by Gasteiger charge is -2.44. The predicted molar refractivity (Wildman–Crippen MR) is 79.7 cm³/mol. The molecule has 1 amide bonds. The van der Waals surface area contributed by atoms with Crippen molar-refractivity contribution in [3.8, 4) is 0 Å². The first-order valence-corrected chi connectivity index (χ1v) is 7.60. The summed E-state index contributed by atoms with van der Waals surface area (Å²) in [6, 6.07) is 8.47. The monoisotopic (exact) mass is 268 g/mol. The molecule has 1 saturated heterocycles. The molecule has 1 aromatic carbocycles. The first-order valence-electron chi connectivity index (χ1n) is 7.60. The van der Waals surface area contributed by atoms with E-state index in [1.807, 2.05) is 0 Å². The van der Waals surface area contributed by atoms with Gasteiger partial charge in [-0.05, 0) is 43.2 Å². The van der Waals surface area contributed by atoms with Crippen LogP contribution in [0.25, 0.3) is 10.9 Å². The molecular formula is C17H20N2O. The van der Waals surface area contributed by atoms with E-state index in [2.05, 4.69) is 41.5 Å². The largest absolute Gasteiger partial charge is 0.358 e. The van der Waals surface area contributed by atoms with Crippen molar-refractivity contribution in [2.24, 2.45) is 5.41 Å². The van der Waals surface area contributed by atoms with Gasteiger partial charge in [-0.15, -0.1) is 0 Å². The number of para-hydroxylation sites is 1. The molecule has 1 fully saturated rings. The number of carbonyl (C=O) groups excluding carboxylic acids is 1. The lowest BCUT2D eigenvalue weighted by molar-refractivity contribution is -0.135. The maximum absolute atomic E-state index is 12.5. The molecule has 1 spiro atoms. The SMILES string of the molecule is CC1c2c([nH]c3ccccc23)CCC12CCCNC2=O. The number of carbonyl (C=O) groups is 1. The highest BCUT2D eigenvalue weighted by Gasteiger charge is 2.48. The first kappa shape index (κ1) is 12.0. The molecule has 2 aromatic rings. The minimum absolute atomic E-state index is 0.184. The van der Waals surface area contributed by atoms with Gasteiger partial charge < -0.3 is 10.3 Å². The Bertz CT molecular complexity index is 687. The van der Waals surface area contributed by atoms with Gasteiger partial charge in [-0.3, -0.25) is 4.79 Å². The van der Waals surface area contributed by atoms with Crippen molar-refractivity contribution in [1.29, 1.82) is 0 Å². The lowest BCUT2D eigenvalue weighted by Crippen LogP contribution is -2.50. The van der Waals surface area contributed by atoms with E-state index < -0.39 is 0 Å². The molecule has 4 rings (SSSR count). The van der Waals surface area contributed by atoms with Crippen LogP contribution in [0.1, 0.15) is 43.4 Å². The fourth-order valence-corrected chi connectivity index (χ4v) is 4.30. The van der Waals surface area contributed by atoms with Crippen LogP contribution >= 0.6 is 0 Å².